The molecule has 9 heteroatoms. The summed E-state index contributed by atoms with van der Waals surface area (Å²) in [5.41, 5.74) is 3.91. The number of hydrogen-bond donors (Lipinski definition) is 0. The maximum absolute atomic E-state index is 9.11. The lowest BCUT2D eigenvalue weighted by molar-refractivity contribution is 0.0798. The Morgan fingerprint density at radius 3 is 2.64 bits per heavy atom. The molecule has 1 aliphatic heterocycles. The lowest BCUT2D eigenvalue weighted by Gasteiger charge is -2.28. The minimum Gasteiger partial charge on any atom is -0.439 e. The molecular formula is C30H36N6O2Si. The molecular weight excluding hydrogens is 504 g/mol. The van der Waals surface area contributed by atoms with Gasteiger partial charge in [-0.25, -0.2) is 9.67 Å². The van der Waals surface area contributed by atoms with E-state index in [1.54, 1.807) is 12.4 Å². The molecule has 4 heterocycles. The average Bonchev–Trinajstić information content (AvgIpc) is 3.40. The first kappa shape index (κ1) is 27.0. The van der Waals surface area contributed by atoms with E-state index in [9.17, 15) is 0 Å². The Kier molecular flexibility index (Phi) is 8.36. The predicted octanol–water partition coefficient (Wildman–Crippen LogP) is 6.33. The number of piperidine rings is 1. The van der Waals surface area contributed by atoms with Crippen LogP contribution in [0.2, 0.25) is 25.7 Å². The van der Waals surface area contributed by atoms with E-state index in [0.717, 1.165) is 78.7 Å². The third kappa shape index (κ3) is 7.29. The molecule has 0 saturated carbocycles. The van der Waals surface area contributed by atoms with Gasteiger partial charge in [-0.3, -0.25) is 9.88 Å². The van der Waals surface area contributed by atoms with E-state index >= 15 is 0 Å². The summed E-state index contributed by atoms with van der Waals surface area (Å²) < 4.78 is 13.8. The van der Waals surface area contributed by atoms with Crippen molar-refractivity contribution in [2.24, 2.45) is 5.92 Å². The number of fused-ring (bicyclic) bond motifs is 1. The Morgan fingerprint density at radius 2 is 1.90 bits per heavy atom. The van der Waals surface area contributed by atoms with Crippen molar-refractivity contribution in [1.82, 2.24) is 24.6 Å². The molecule has 1 fully saturated rings. The number of hydrogen-bond acceptors (Lipinski definition) is 7. The van der Waals surface area contributed by atoms with E-state index in [1.807, 2.05) is 41.1 Å². The summed E-state index contributed by atoms with van der Waals surface area (Å²) in [6.45, 7) is 10.9. The number of ether oxygens (including phenoxy) is 2. The van der Waals surface area contributed by atoms with Crippen LogP contribution in [0.3, 0.4) is 0 Å². The van der Waals surface area contributed by atoms with Crippen LogP contribution >= 0.6 is 0 Å². The van der Waals surface area contributed by atoms with Gasteiger partial charge in [-0.05, 0) is 68.4 Å². The third-order valence-corrected chi connectivity index (χ3v) is 8.76. The quantitative estimate of drug-likeness (QED) is 0.171. The monoisotopic (exact) mass is 540 g/mol. The van der Waals surface area contributed by atoms with Crippen molar-refractivity contribution in [1.29, 1.82) is 5.26 Å². The van der Waals surface area contributed by atoms with Gasteiger partial charge in [0.25, 0.3) is 0 Å². The zero-order chi connectivity index (χ0) is 27.2. The maximum atomic E-state index is 9.11. The van der Waals surface area contributed by atoms with Crippen LogP contribution in [0, 0.1) is 17.2 Å². The normalized spacial score (nSPS) is 14.9. The van der Waals surface area contributed by atoms with Crippen molar-refractivity contribution in [2.45, 2.75) is 51.8 Å². The van der Waals surface area contributed by atoms with Gasteiger partial charge in [0.2, 0.25) is 5.88 Å². The van der Waals surface area contributed by atoms with Crippen LogP contribution in [0.5, 0.6) is 11.6 Å². The first-order valence-corrected chi connectivity index (χ1v) is 17.3. The highest BCUT2D eigenvalue weighted by molar-refractivity contribution is 6.76. The SMILES string of the molecule is C[Si](C)(C)CCOCn1nccc1-c1ccc(Oc2ccc3nc(CN4CCC(C#N)CC4)ccc3c2)nc1. The van der Waals surface area contributed by atoms with E-state index in [1.165, 1.54) is 0 Å². The Morgan fingerprint density at radius 1 is 1.05 bits per heavy atom. The number of benzene rings is 1. The fraction of sp³-hybridized carbons (Fsp3) is 0.400. The largest absolute Gasteiger partial charge is 0.439 e. The molecule has 0 spiro atoms. The summed E-state index contributed by atoms with van der Waals surface area (Å²) >= 11 is 0. The minimum absolute atomic E-state index is 0.197. The van der Waals surface area contributed by atoms with Crippen molar-refractivity contribution in [3.63, 3.8) is 0 Å². The van der Waals surface area contributed by atoms with E-state index in [0.29, 0.717) is 12.6 Å². The molecule has 0 amide bonds. The van der Waals surface area contributed by atoms with Crippen molar-refractivity contribution < 1.29 is 9.47 Å². The summed E-state index contributed by atoms with van der Waals surface area (Å²) in [4.78, 5) is 11.8. The first-order chi connectivity index (χ1) is 18.9. The topological polar surface area (TPSA) is 89.1 Å². The number of nitrogens with zero attached hydrogens (tertiary/aromatic N) is 6. The first-order valence-electron chi connectivity index (χ1n) is 13.6. The van der Waals surface area contributed by atoms with Gasteiger partial charge in [-0.1, -0.05) is 25.7 Å². The molecule has 8 nitrogen and oxygen atoms in total. The molecule has 1 aromatic carbocycles. The molecule has 0 bridgehead atoms. The molecule has 0 radical (unpaired) electrons. The van der Waals surface area contributed by atoms with Gasteiger partial charge in [-0.2, -0.15) is 10.4 Å². The Balaban J connectivity index is 1.19. The predicted molar refractivity (Wildman–Crippen MR) is 155 cm³/mol. The van der Waals surface area contributed by atoms with Crippen molar-refractivity contribution in [3.8, 4) is 29.0 Å². The van der Waals surface area contributed by atoms with Gasteiger partial charge in [0.1, 0.15) is 12.5 Å². The molecule has 202 valence electrons. The van der Waals surface area contributed by atoms with Crippen molar-refractivity contribution >= 4 is 19.0 Å². The number of rotatable bonds is 10. The van der Waals surface area contributed by atoms with Crippen LogP contribution in [-0.2, 0) is 18.0 Å². The fourth-order valence-corrected chi connectivity index (χ4v) is 5.43. The molecule has 0 atom stereocenters. The number of nitriles is 1. The second kappa shape index (κ2) is 12.1. The Bertz CT molecular complexity index is 1430. The zero-order valence-corrected chi connectivity index (χ0v) is 24.0. The molecule has 4 aromatic rings. The van der Waals surface area contributed by atoms with E-state index in [4.69, 9.17) is 19.7 Å². The van der Waals surface area contributed by atoms with E-state index in [-0.39, 0.29) is 5.92 Å². The maximum Gasteiger partial charge on any atom is 0.219 e. The smallest absolute Gasteiger partial charge is 0.219 e. The van der Waals surface area contributed by atoms with Crippen LogP contribution in [0.1, 0.15) is 18.5 Å². The molecule has 1 saturated heterocycles. The molecule has 0 aliphatic carbocycles. The van der Waals surface area contributed by atoms with Gasteiger partial charge >= 0.3 is 0 Å². The van der Waals surface area contributed by atoms with Crippen LogP contribution in [0.25, 0.3) is 22.2 Å². The highest BCUT2D eigenvalue weighted by atomic mass is 28.3. The molecule has 5 rings (SSSR count). The van der Waals surface area contributed by atoms with Gasteiger partial charge in [0.05, 0.1) is 23.0 Å². The molecule has 1 aliphatic rings. The fourth-order valence-electron chi connectivity index (χ4n) is 4.67. The number of pyridine rings is 2. The summed E-state index contributed by atoms with van der Waals surface area (Å²) in [6.07, 6.45) is 5.47. The highest BCUT2D eigenvalue weighted by Crippen LogP contribution is 2.27. The lowest BCUT2D eigenvalue weighted by atomic mass is 9.98. The van der Waals surface area contributed by atoms with Gasteiger partial charge in [0, 0.05) is 56.6 Å². The van der Waals surface area contributed by atoms with Crippen LogP contribution in [0.15, 0.2) is 60.9 Å². The molecule has 0 N–H and O–H groups in total. The third-order valence-electron chi connectivity index (χ3n) is 7.06. The minimum atomic E-state index is -1.12. The van der Waals surface area contributed by atoms with Crippen LogP contribution < -0.4 is 4.74 Å². The number of likely N-dealkylation sites (tertiary alicyclic amines) is 1. The Labute approximate surface area is 231 Å². The summed E-state index contributed by atoms with van der Waals surface area (Å²) in [5, 5.41) is 14.5. The average molecular weight is 541 g/mol. The summed E-state index contributed by atoms with van der Waals surface area (Å²) in [7, 11) is -1.12. The van der Waals surface area contributed by atoms with Crippen molar-refractivity contribution in [2.75, 3.05) is 19.7 Å². The molecule has 3 aromatic heterocycles. The lowest BCUT2D eigenvalue weighted by Crippen LogP contribution is -2.33. The summed E-state index contributed by atoms with van der Waals surface area (Å²) in [5.74, 6) is 1.44. The Hall–Kier alpha value is -3.58. The van der Waals surface area contributed by atoms with Gasteiger partial charge in [0.15, 0.2) is 0 Å². The van der Waals surface area contributed by atoms with Crippen LogP contribution in [0.4, 0.5) is 0 Å². The van der Waals surface area contributed by atoms with Gasteiger partial charge < -0.3 is 9.47 Å². The van der Waals surface area contributed by atoms with Gasteiger partial charge in [-0.15, -0.1) is 0 Å². The number of aromatic nitrogens is 4. The molecule has 0 unspecified atom stereocenters. The van der Waals surface area contributed by atoms with E-state index < -0.39 is 8.07 Å². The standard InChI is InChI=1S/C30H36N6O2Si/c1-39(2,3)17-16-37-22-36-29(10-13-33-36)25-5-9-30(32-20-25)38-27-7-8-28-24(18-27)4-6-26(34-28)21-35-14-11-23(19-31)12-15-35/h4-10,13,18,20,23H,11-12,14-17,21-22H2,1-3H3. The van der Waals surface area contributed by atoms with E-state index in [2.05, 4.69) is 52.8 Å². The molecule has 39 heavy (non-hydrogen) atoms. The second-order valence-corrected chi connectivity index (χ2v) is 17.0. The second-order valence-electron chi connectivity index (χ2n) is 11.4. The van der Waals surface area contributed by atoms with Crippen LogP contribution in [-0.4, -0.2) is 52.4 Å². The highest BCUT2D eigenvalue weighted by Gasteiger charge is 2.19. The summed E-state index contributed by atoms with van der Waals surface area (Å²) in [6, 6.07) is 19.4. The zero-order valence-electron chi connectivity index (χ0n) is 23.0. The van der Waals surface area contributed by atoms with Crippen molar-refractivity contribution in [3.05, 3.63) is 66.6 Å².